The minimum absolute atomic E-state index is 0.139. The van der Waals surface area contributed by atoms with Gasteiger partial charge in [0, 0.05) is 44.5 Å². The van der Waals surface area contributed by atoms with Crippen molar-refractivity contribution in [2.75, 3.05) is 26.2 Å². The Morgan fingerprint density at radius 2 is 1.74 bits per heavy atom. The Labute approximate surface area is 227 Å². The molecule has 1 fully saturated rings. The number of hydrogen-bond donors (Lipinski definition) is 2. The molecule has 2 aliphatic rings. The lowest BCUT2D eigenvalue weighted by molar-refractivity contribution is -0.101. The zero-order valence-electron chi connectivity index (χ0n) is 23.4. The fraction of sp³-hybridized carbons (Fsp3) is 0.469. The fourth-order valence-corrected chi connectivity index (χ4v) is 5.49. The Kier molecular flexibility index (Phi) is 8.05. The molecule has 0 aromatic heterocycles. The maximum atomic E-state index is 13.3. The van der Waals surface area contributed by atoms with E-state index < -0.39 is 11.2 Å². The number of hydrogen-bond acceptors (Lipinski definition) is 5. The van der Waals surface area contributed by atoms with Gasteiger partial charge in [-0.25, -0.2) is 4.79 Å². The quantitative estimate of drug-likeness (QED) is 0.434. The lowest BCUT2D eigenvalue weighted by Crippen LogP contribution is -2.51. The second-order valence-electron chi connectivity index (χ2n) is 12.2. The van der Waals surface area contributed by atoms with E-state index in [0.717, 1.165) is 29.8 Å². The summed E-state index contributed by atoms with van der Waals surface area (Å²) >= 11 is 0. The highest BCUT2D eigenvalue weighted by Gasteiger charge is 2.46. The van der Waals surface area contributed by atoms with E-state index in [1.54, 1.807) is 18.7 Å². The predicted octanol–water partition coefficient (Wildman–Crippen LogP) is 5.88. The third-order valence-electron chi connectivity index (χ3n) is 7.56. The fourth-order valence-electron chi connectivity index (χ4n) is 5.49. The van der Waals surface area contributed by atoms with Crippen LogP contribution >= 0.6 is 0 Å². The van der Waals surface area contributed by atoms with Crippen molar-refractivity contribution in [2.45, 2.75) is 64.7 Å². The number of cyclic esters (lactones) is 1. The average Bonchev–Trinajstić information content (AvgIpc) is 2.88. The summed E-state index contributed by atoms with van der Waals surface area (Å²) in [4.78, 5) is 17.3. The molecule has 0 aliphatic carbocycles. The summed E-state index contributed by atoms with van der Waals surface area (Å²) < 4.78 is 6.15. The first-order chi connectivity index (χ1) is 17.9. The van der Waals surface area contributed by atoms with Crippen molar-refractivity contribution in [3.8, 4) is 0 Å². The summed E-state index contributed by atoms with van der Waals surface area (Å²) in [6, 6.07) is 18.0. The number of allylic oxidation sites excluding steroid dienone is 2. The largest absolute Gasteiger partial charge is 0.438 e. The average molecular weight is 519 g/mol. The number of aliphatic hydroxyl groups excluding tert-OH is 1. The van der Waals surface area contributed by atoms with Crippen LogP contribution < -0.4 is 0 Å². The monoisotopic (exact) mass is 518 g/mol. The van der Waals surface area contributed by atoms with Crippen LogP contribution in [0.5, 0.6) is 0 Å². The summed E-state index contributed by atoms with van der Waals surface area (Å²) in [7, 11) is 0. The van der Waals surface area contributed by atoms with Crippen molar-refractivity contribution in [3.05, 3.63) is 89.6 Å². The Morgan fingerprint density at radius 3 is 2.29 bits per heavy atom. The molecule has 2 aliphatic heterocycles. The van der Waals surface area contributed by atoms with Gasteiger partial charge in [-0.3, -0.25) is 0 Å². The maximum absolute atomic E-state index is 13.3. The highest BCUT2D eigenvalue weighted by molar-refractivity contribution is 5.75. The van der Waals surface area contributed by atoms with Crippen molar-refractivity contribution in [1.29, 1.82) is 0 Å². The Bertz CT molecular complexity index is 1160. The van der Waals surface area contributed by atoms with Crippen molar-refractivity contribution in [3.63, 3.8) is 0 Å². The number of benzene rings is 2. The van der Waals surface area contributed by atoms with E-state index in [4.69, 9.17) is 4.74 Å². The van der Waals surface area contributed by atoms with E-state index in [-0.39, 0.29) is 24.2 Å². The lowest BCUT2D eigenvalue weighted by Gasteiger charge is -2.45. The van der Waals surface area contributed by atoms with Crippen molar-refractivity contribution in [2.24, 2.45) is 5.41 Å². The molecule has 0 bridgehead atoms. The number of rotatable bonds is 9. The van der Waals surface area contributed by atoms with Crippen LogP contribution in [0, 0.1) is 5.41 Å². The Morgan fingerprint density at radius 1 is 1.05 bits per heavy atom. The first kappa shape index (κ1) is 27.9. The van der Waals surface area contributed by atoms with Gasteiger partial charge in [-0.2, -0.15) is 0 Å². The van der Waals surface area contributed by atoms with Crippen LogP contribution in [-0.4, -0.2) is 57.9 Å². The SMILES string of the molecule is CC(c1ccc(C2=CCN(CC(C)(C)CO)C=C2)cc1)N1CCC(CC(C)(C)O)(c2ccccc2)OC1=O. The molecule has 2 aromatic rings. The molecule has 1 amide bonds. The van der Waals surface area contributed by atoms with Crippen LogP contribution in [0.2, 0.25) is 0 Å². The van der Waals surface area contributed by atoms with E-state index in [1.165, 1.54) is 5.57 Å². The van der Waals surface area contributed by atoms with E-state index in [1.807, 2.05) is 37.3 Å². The standard InChI is InChI=1S/C32H42N2O4/c1-24(25-11-13-26(14-12-25)27-15-18-33(19-16-27)22-30(2,3)23-35)34-20-17-32(38-29(34)36,21-31(4,5)37)28-9-7-6-8-10-28/h6-16,18,24,35,37H,17,19-23H2,1-5H3. The van der Waals surface area contributed by atoms with Crippen LogP contribution in [0.15, 0.2) is 72.9 Å². The molecule has 2 N–H and O–H groups in total. The third-order valence-corrected chi connectivity index (χ3v) is 7.56. The first-order valence-electron chi connectivity index (χ1n) is 13.5. The van der Waals surface area contributed by atoms with Crippen LogP contribution in [0.3, 0.4) is 0 Å². The molecule has 6 heteroatoms. The molecular weight excluding hydrogens is 476 g/mol. The topological polar surface area (TPSA) is 73.2 Å². The number of amides is 1. The summed E-state index contributed by atoms with van der Waals surface area (Å²) in [5, 5.41) is 20.2. The van der Waals surface area contributed by atoms with Gasteiger partial charge in [0.25, 0.3) is 0 Å². The Hall–Kier alpha value is -3.09. The molecule has 2 aromatic carbocycles. The molecule has 2 atom stereocenters. The second-order valence-corrected chi connectivity index (χ2v) is 12.2. The van der Waals surface area contributed by atoms with Gasteiger partial charge in [0.1, 0.15) is 5.60 Å². The molecule has 6 nitrogen and oxygen atoms in total. The molecule has 0 radical (unpaired) electrons. The van der Waals surface area contributed by atoms with E-state index in [2.05, 4.69) is 61.4 Å². The van der Waals surface area contributed by atoms with Crippen LogP contribution in [0.1, 0.15) is 70.2 Å². The minimum atomic E-state index is -0.978. The summed E-state index contributed by atoms with van der Waals surface area (Å²) in [5.41, 5.74) is 2.29. The summed E-state index contributed by atoms with van der Waals surface area (Å²) in [6.45, 7) is 12.0. The zero-order chi connectivity index (χ0) is 27.6. The molecular formula is C32H42N2O4. The summed E-state index contributed by atoms with van der Waals surface area (Å²) in [6.07, 6.45) is 7.01. The highest BCUT2D eigenvalue weighted by atomic mass is 16.6. The second kappa shape index (κ2) is 11.0. The van der Waals surface area contributed by atoms with Crippen LogP contribution in [0.25, 0.3) is 5.57 Å². The number of ether oxygens (including phenoxy) is 1. The molecule has 2 unspecified atom stereocenters. The third kappa shape index (κ3) is 6.48. The molecule has 0 spiro atoms. The van der Waals surface area contributed by atoms with Gasteiger partial charge < -0.3 is 24.7 Å². The number of carbonyl (C=O) groups is 1. The smallest absolute Gasteiger partial charge is 0.411 e. The zero-order valence-corrected chi connectivity index (χ0v) is 23.4. The highest BCUT2D eigenvalue weighted by Crippen LogP contribution is 2.42. The summed E-state index contributed by atoms with van der Waals surface area (Å²) in [5.74, 6) is 0. The van der Waals surface area contributed by atoms with E-state index in [0.29, 0.717) is 19.4 Å². The predicted molar refractivity (Wildman–Crippen MR) is 151 cm³/mol. The maximum Gasteiger partial charge on any atom is 0.411 e. The van der Waals surface area contributed by atoms with Gasteiger partial charge in [0.15, 0.2) is 0 Å². The van der Waals surface area contributed by atoms with Gasteiger partial charge >= 0.3 is 6.09 Å². The van der Waals surface area contributed by atoms with E-state index >= 15 is 0 Å². The molecule has 2 heterocycles. The normalized spacial score (nSPS) is 21.2. The molecule has 4 rings (SSSR count). The van der Waals surface area contributed by atoms with Crippen molar-refractivity contribution >= 4 is 11.7 Å². The number of nitrogens with zero attached hydrogens (tertiary/aromatic N) is 2. The van der Waals surface area contributed by atoms with Gasteiger partial charge in [0.05, 0.1) is 11.6 Å². The van der Waals surface area contributed by atoms with Crippen molar-refractivity contribution < 1.29 is 19.7 Å². The van der Waals surface area contributed by atoms with E-state index in [9.17, 15) is 15.0 Å². The lowest BCUT2D eigenvalue weighted by atomic mass is 9.80. The molecule has 1 saturated heterocycles. The van der Waals surface area contributed by atoms with Crippen LogP contribution in [0.4, 0.5) is 4.79 Å². The Balaban J connectivity index is 1.43. The minimum Gasteiger partial charge on any atom is -0.438 e. The first-order valence-corrected chi connectivity index (χ1v) is 13.5. The van der Waals surface area contributed by atoms with Crippen LogP contribution in [-0.2, 0) is 10.3 Å². The number of carbonyl (C=O) groups excluding carboxylic acids is 1. The van der Waals surface area contributed by atoms with Crippen molar-refractivity contribution in [1.82, 2.24) is 9.80 Å². The molecule has 0 saturated carbocycles. The van der Waals surface area contributed by atoms with Gasteiger partial charge in [-0.05, 0) is 55.3 Å². The molecule has 38 heavy (non-hydrogen) atoms. The van der Waals surface area contributed by atoms with Gasteiger partial charge in [0.2, 0.25) is 0 Å². The van der Waals surface area contributed by atoms with Gasteiger partial charge in [-0.1, -0.05) is 74.5 Å². The molecule has 204 valence electrons. The van der Waals surface area contributed by atoms with Gasteiger partial charge in [-0.15, -0.1) is 0 Å². The number of aliphatic hydroxyl groups is 2.